The molecular formula is C23H19N3O3. The van der Waals surface area contributed by atoms with E-state index >= 15 is 0 Å². The van der Waals surface area contributed by atoms with Crippen molar-refractivity contribution in [3.63, 3.8) is 0 Å². The lowest BCUT2D eigenvalue weighted by Crippen LogP contribution is -2.20. The van der Waals surface area contributed by atoms with E-state index in [2.05, 4.69) is 9.98 Å². The highest BCUT2D eigenvalue weighted by atomic mass is 16.5. The van der Waals surface area contributed by atoms with E-state index in [0.29, 0.717) is 34.4 Å². The van der Waals surface area contributed by atoms with E-state index < -0.39 is 0 Å². The second-order valence-corrected chi connectivity index (χ2v) is 6.30. The number of fused-ring (bicyclic) bond motifs is 1. The van der Waals surface area contributed by atoms with Crippen LogP contribution in [-0.2, 0) is 0 Å². The molecule has 6 nitrogen and oxygen atoms in total. The van der Waals surface area contributed by atoms with E-state index in [9.17, 15) is 9.90 Å². The number of aliphatic imine (C=N–C) groups is 1. The van der Waals surface area contributed by atoms with Gasteiger partial charge in [0.25, 0.3) is 5.56 Å². The zero-order valence-electron chi connectivity index (χ0n) is 15.8. The molecule has 6 heteroatoms. The first-order valence-electron chi connectivity index (χ1n) is 9.24. The van der Waals surface area contributed by atoms with E-state index in [-0.39, 0.29) is 11.4 Å². The molecule has 0 saturated carbocycles. The minimum atomic E-state index is -0.338. The highest BCUT2D eigenvalue weighted by Crippen LogP contribution is 2.26. The van der Waals surface area contributed by atoms with Crippen LogP contribution in [0.15, 0.2) is 82.7 Å². The summed E-state index contributed by atoms with van der Waals surface area (Å²) >= 11 is 0. The van der Waals surface area contributed by atoms with Crippen LogP contribution in [0.4, 0.5) is 5.69 Å². The van der Waals surface area contributed by atoms with Gasteiger partial charge >= 0.3 is 0 Å². The molecule has 0 saturated heterocycles. The minimum Gasteiger partial charge on any atom is -0.494 e. The standard InChI is InChI=1S/C23H19N3O3/c1-2-29-17-12-10-16(11-13-17)25-15-20-18-7-3-4-8-19(18)22(27)26(23(20)28)21-9-5-6-14-24-21/h3-15,28H,2H2,1H3. The van der Waals surface area contributed by atoms with Crippen molar-refractivity contribution >= 4 is 22.7 Å². The second kappa shape index (κ2) is 7.98. The smallest absolute Gasteiger partial charge is 0.267 e. The fourth-order valence-electron chi connectivity index (χ4n) is 3.12. The van der Waals surface area contributed by atoms with E-state index in [0.717, 1.165) is 5.75 Å². The van der Waals surface area contributed by atoms with Crippen molar-refractivity contribution < 1.29 is 9.84 Å². The average Bonchev–Trinajstić information content (AvgIpc) is 2.76. The van der Waals surface area contributed by atoms with Crippen LogP contribution < -0.4 is 10.3 Å². The Morgan fingerprint density at radius 2 is 1.76 bits per heavy atom. The summed E-state index contributed by atoms with van der Waals surface area (Å²) in [6.45, 7) is 2.52. The molecule has 0 aliphatic rings. The third-order valence-electron chi connectivity index (χ3n) is 4.47. The Balaban J connectivity index is 1.86. The Morgan fingerprint density at radius 1 is 1.03 bits per heavy atom. The van der Waals surface area contributed by atoms with E-state index in [1.165, 1.54) is 4.57 Å². The molecule has 4 rings (SSSR count). The summed E-state index contributed by atoms with van der Waals surface area (Å²) in [6.07, 6.45) is 3.14. The van der Waals surface area contributed by atoms with Crippen molar-refractivity contribution in [2.75, 3.05) is 6.61 Å². The van der Waals surface area contributed by atoms with Gasteiger partial charge in [0.05, 0.1) is 17.9 Å². The molecule has 4 aromatic rings. The fraction of sp³-hybridized carbons (Fsp3) is 0.0870. The highest BCUT2D eigenvalue weighted by molar-refractivity contribution is 6.02. The monoisotopic (exact) mass is 385 g/mol. The Morgan fingerprint density at radius 3 is 2.45 bits per heavy atom. The van der Waals surface area contributed by atoms with Gasteiger partial charge in [0, 0.05) is 23.2 Å². The molecule has 144 valence electrons. The van der Waals surface area contributed by atoms with Crippen molar-refractivity contribution in [2.45, 2.75) is 6.92 Å². The summed E-state index contributed by atoms with van der Waals surface area (Å²) in [6, 6.07) is 19.6. The summed E-state index contributed by atoms with van der Waals surface area (Å²) in [5, 5.41) is 12.0. The van der Waals surface area contributed by atoms with Crippen molar-refractivity contribution in [2.24, 2.45) is 4.99 Å². The predicted molar refractivity (Wildman–Crippen MR) is 114 cm³/mol. The third kappa shape index (κ3) is 3.60. The molecule has 0 spiro atoms. The summed E-state index contributed by atoms with van der Waals surface area (Å²) in [7, 11) is 0. The average molecular weight is 385 g/mol. The lowest BCUT2D eigenvalue weighted by molar-refractivity contribution is 0.340. The predicted octanol–water partition coefficient (Wildman–Crippen LogP) is 4.24. The van der Waals surface area contributed by atoms with Gasteiger partial charge in [-0.15, -0.1) is 0 Å². The zero-order chi connectivity index (χ0) is 20.2. The minimum absolute atomic E-state index is 0.206. The number of pyridine rings is 2. The van der Waals surface area contributed by atoms with Gasteiger partial charge in [-0.2, -0.15) is 0 Å². The number of aromatic nitrogens is 2. The molecular weight excluding hydrogens is 366 g/mol. The van der Waals surface area contributed by atoms with Gasteiger partial charge in [-0.3, -0.25) is 9.79 Å². The van der Waals surface area contributed by atoms with Crippen molar-refractivity contribution in [3.05, 3.63) is 88.8 Å². The van der Waals surface area contributed by atoms with Crippen LogP contribution in [-0.4, -0.2) is 27.5 Å². The molecule has 0 bridgehead atoms. The van der Waals surface area contributed by atoms with Gasteiger partial charge in [-0.25, -0.2) is 9.55 Å². The number of benzene rings is 2. The molecule has 0 amide bonds. The first-order valence-corrected chi connectivity index (χ1v) is 9.24. The summed E-state index contributed by atoms with van der Waals surface area (Å²) in [5.74, 6) is 0.905. The second-order valence-electron chi connectivity index (χ2n) is 6.30. The molecule has 0 atom stereocenters. The summed E-state index contributed by atoms with van der Waals surface area (Å²) in [5.41, 5.74) is 0.808. The van der Waals surface area contributed by atoms with Crippen LogP contribution in [0.3, 0.4) is 0 Å². The first kappa shape index (κ1) is 18.4. The SMILES string of the molecule is CCOc1ccc(N=Cc2c(O)n(-c3ccccn3)c(=O)c3ccccc23)cc1. The number of nitrogens with zero attached hydrogens (tertiary/aromatic N) is 3. The van der Waals surface area contributed by atoms with Gasteiger partial charge in [0.15, 0.2) is 0 Å². The molecule has 29 heavy (non-hydrogen) atoms. The van der Waals surface area contributed by atoms with Crippen LogP contribution in [0.5, 0.6) is 11.6 Å². The Labute approximate surface area is 167 Å². The van der Waals surface area contributed by atoms with Gasteiger partial charge in [-0.05, 0) is 49.4 Å². The number of aromatic hydroxyl groups is 1. The van der Waals surface area contributed by atoms with Crippen LogP contribution >= 0.6 is 0 Å². The lowest BCUT2D eigenvalue weighted by atomic mass is 10.1. The zero-order valence-corrected chi connectivity index (χ0v) is 15.8. The largest absolute Gasteiger partial charge is 0.494 e. The van der Waals surface area contributed by atoms with E-state index in [1.54, 1.807) is 48.8 Å². The van der Waals surface area contributed by atoms with Gasteiger partial charge in [0.2, 0.25) is 5.88 Å². The molecule has 2 aromatic heterocycles. The lowest BCUT2D eigenvalue weighted by Gasteiger charge is -2.12. The van der Waals surface area contributed by atoms with Crippen LogP contribution in [0.25, 0.3) is 16.6 Å². The molecule has 0 aliphatic carbocycles. The van der Waals surface area contributed by atoms with E-state index in [4.69, 9.17) is 4.74 Å². The van der Waals surface area contributed by atoms with Gasteiger partial charge in [0.1, 0.15) is 11.6 Å². The maximum atomic E-state index is 13.0. The van der Waals surface area contributed by atoms with Crippen molar-refractivity contribution in [3.8, 4) is 17.4 Å². The maximum Gasteiger partial charge on any atom is 0.267 e. The Kier molecular flexibility index (Phi) is 5.07. The topological polar surface area (TPSA) is 76.7 Å². The highest BCUT2D eigenvalue weighted by Gasteiger charge is 2.16. The maximum absolute atomic E-state index is 13.0. The van der Waals surface area contributed by atoms with Crippen LogP contribution in [0, 0.1) is 0 Å². The molecule has 0 radical (unpaired) electrons. The van der Waals surface area contributed by atoms with E-state index in [1.807, 2.05) is 37.3 Å². The third-order valence-corrected chi connectivity index (χ3v) is 4.47. The van der Waals surface area contributed by atoms with Gasteiger partial charge in [-0.1, -0.05) is 24.3 Å². The fourth-order valence-corrected chi connectivity index (χ4v) is 3.12. The number of hydrogen-bond donors (Lipinski definition) is 1. The normalized spacial score (nSPS) is 11.2. The molecule has 1 N–H and O–H groups in total. The van der Waals surface area contributed by atoms with Crippen LogP contribution in [0.2, 0.25) is 0 Å². The quantitative estimate of drug-likeness (QED) is 0.521. The summed E-state index contributed by atoms with van der Waals surface area (Å²) < 4.78 is 6.64. The van der Waals surface area contributed by atoms with Crippen molar-refractivity contribution in [1.82, 2.24) is 9.55 Å². The number of rotatable bonds is 5. The number of hydrogen-bond acceptors (Lipinski definition) is 5. The summed E-state index contributed by atoms with van der Waals surface area (Å²) in [4.78, 5) is 21.7. The molecule has 0 fully saturated rings. The Bertz CT molecular complexity index is 1230. The number of ether oxygens (including phenoxy) is 1. The molecule has 2 heterocycles. The van der Waals surface area contributed by atoms with Crippen molar-refractivity contribution in [1.29, 1.82) is 0 Å². The first-order chi connectivity index (χ1) is 14.2. The molecule has 0 aliphatic heterocycles. The molecule has 0 unspecified atom stereocenters. The van der Waals surface area contributed by atoms with Gasteiger partial charge < -0.3 is 9.84 Å². The van der Waals surface area contributed by atoms with Crippen LogP contribution in [0.1, 0.15) is 12.5 Å². The molecule has 2 aromatic carbocycles. The Hall–Kier alpha value is -3.93.